The number of aromatic nitrogens is 1. The summed E-state index contributed by atoms with van der Waals surface area (Å²) in [5.41, 5.74) is 1.24. The van der Waals surface area contributed by atoms with Crippen molar-refractivity contribution in [2.24, 2.45) is 0 Å². The Morgan fingerprint density at radius 2 is 1.93 bits per heavy atom. The number of aromatic amines is 1. The number of thiazole rings is 1. The Bertz CT molecular complexity index is 498. The molecule has 0 aliphatic carbocycles. The van der Waals surface area contributed by atoms with E-state index in [1.54, 1.807) is 0 Å². The standard InChI is InChI=1S/C10H7NO2S/c12-6-8-9(14-10(13)11-8)7-4-2-1-3-5-7/h1-6H,(H,11,13). The van der Waals surface area contributed by atoms with Gasteiger partial charge in [0.05, 0.1) is 4.88 Å². The van der Waals surface area contributed by atoms with Gasteiger partial charge in [0, 0.05) is 0 Å². The summed E-state index contributed by atoms with van der Waals surface area (Å²) in [4.78, 5) is 24.7. The topological polar surface area (TPSA) is 49.9 Å². The summed E-state index contributed by atoms with van der Waals surface area (Å²) in [6, 6.07) is 9.36. The zero-order chi connectivity index (χ0) is 9.97. The third-order valence-electron chi connectivity index (χ3n) is 1.83. The van der Waals surface area contributed by atoms with E-state index in [-0.39, 0.29) is 4.87 Å². The molecule has 0 aliphatic heterocycles. The van der Waals surface area contributed by atoms with Crippen molar-refractivity contribution in [2.75, 3.05) is 0 Å². The molecule has 0 aliphatic rings. The minimum Gasteiger partial charge on any atom is -0.310 e. The van der Waals surface area contributed by atoms with Crippen molar-refractivity contribution in [2.45, 2.75) is 0 Å². The molecule has 1 aromatic heterocycles. The van der Waals surface area contributed by atoms with Crippen LogP contribution in [0, 0.1) is 0 Å². The first-order valence-corrected chi connectivity index (χ1v) is 4.86. The van der Waals surface area contributed by atoms with Gasteiger partial charge in [0.1, 0.15) is 5.69 Å². The number of carbonyl (C=O) groups is 1. The number of carbonyl (C=O) groups excluding carboxylic acids is 1. The number of benzene rings is 1. The van der Waals surface area contributed by atoms with Crippen LogP contribution in [0.3, 0.4) is 0 Å². The average molecular weight is 205 g/mol. The molecule has 0 bridgehead atoms. The van der Waals surface area contributed by atoms with Crippen molar-refractivity contribution in [1.82, 2.24) is 4.98 Å². The molecule has 0 spiro atoms. The number of aldehydes is 1. The second-order valence-corrected chi connectivity index (χ2v) is 3.72. The normalized spacial score (nSPS) is 10.0. The zero-order valence-corrected chi connectivity index (χ0v) is 8.01. The smallest absolute Gasteiger partial charge is 0.305 e. The molecule has 0 radical (unpaired) electrons. The molecule has 2 aromatic rings. The van der Waals surface area contributed by atoms with Crippen LogP contribution in [-0.4, -0.2) is 11.3 Å². The molecule has 0 saturated heterocycles. The van der Waals surface area contributed by atoms with Crippen molar-refractivity contribution in [3.8, 4) is 10.4 Å². The molecule has 1 heterocycles. The number of nitrogens with one attached hydrogen (secondary N) is 1. The second-order valence-electron chi connectivity index (χ2n) is 2.74. The first kappa shape index (κ1) is 8.90. The Hall–Kier alpha value is -1.68. The Labute approximate surface area is 84.0 Å². The molecule has 70 valence electrons. The van der Waals surface area contributed by atoms with E-state index in [2.05, 4.69) is 4.98 Å². The summed E-state index contributed by atoms with van der Waals surface area (Å²) >= 11 is 1.05. The molecular formula is C10H7NO2S. The van der Waals surface area contributed by atoms with Crippen LogP contribution >= 0.6 is 11.3 Å². The first-order chi connectivity index (χ1) is 6.81. The lowest BCUT2D eigenvalue weighted by molar-refractivity contribution is 0.112. The van der Waals surface area contributed by atoms with E-state index >= 15 is 0 Å². The van der Waals surface area contributed by atoms with Gasteiger partial charge in [0.15, 0.2) is 6.29 Å². The fourth-order valence-electron chi connectivity index (χ4n) is 1.23. The van der Waals surface area contributed by atoms with Crippen LogP contribution in [0.5, 0.6) is 0 Å². The van der Waals surface area contributed by atoms with E-state index in [1.807, 2.05) is 30.3 Å². The number of hydrogen-bond donors (Lipinski definition) is 1. The fourth-order valence-corrected chi connectivity index (χ4v) is 2.04. The maximum Gasteiger partial charge on any atom is 0.305 e. The van der Waals surface area contributed by atoms with Crippen molar-refractivity contribution in [3.63, 3.8) is 0 Å². The molecule has 2 rings (SSSR count). The van der Waals surface area contributed by atoms with Gasteiger partial charge in [-0.05, 0) is 5.56 Å². The Morgan fingerprint density at radius 3 is 2.57 bits per heavy atom. The van der Waals surface area contributed by atoms with E-state index < -0.39 is 0 Å². The van der Waals surface area contributed by atoms with Crippen LogP contribution in [-0.2, 0) is 0 Å². The number of H-pyrrole nitrogens is 1. The van der Waals surface area contributed by atoms with E-state index in [4.69, 9.17) is 0 Å². The zero-order valence-electron chi connectivity index (χ0n) is 7.19. The highest BCUT2D eigenvalue weighted by Crippen LogP contribution is 2.23. The van der Waals surface area contributed by atoms with Crippen LogP contribution in [0.1, 0.15) is 10.5 Å². The van der Waals surface area contributed by atoms with Crippen molar-refractivity contribution in [1.29, 1.82) is 0 Å². The molecule has 3 nitrogen and oxygen atoms in total. The minimum atomic E-state index is -0.203. The lowest BCUT2D eigenvalue weighted by Crippen LogP contribution is -1.93. The van der Waals surface area contributed by atoms with Crippen molar-refractivity contribution < 1.29 is 4.79 Å². The molecule has 1 aromatic carbocycles. The molecule has 0 saturated carbocycles. The van der Waals surface area contributed by atoms with Crippen LogP contribution in [0.4, 0.5) is 0 Å². The highest BCUT2D eigenvalue weighted by atomic mass is 32.1. The second kappa shape index (κ2) is 3.59. The van der Waals surface area contributed by atoms with Gasteiger partial charge in [0.2, 0.25) is 0 Å². The highest BCUT2D eigenvalue weighted by molar-refractivity contribution is 7.13. The predicted molar refractivity (Wildman–Crippen MR) is 55.8 cm³/mol. The van der Waals surface area contributed by atoms with Gasteiger partial charge in [-0.2, -0.15) is 0 Å². The summed E-state index contributed by atoms with van der Waals surface area (Å²) in [5.74, 6) is 0. The maximum absolute atomic E-state index is 11.0. The summed E-state index contributed by atoms with van der Waals surface area (Å²) < 4.78 is 0. The average Bonchev–Trinajstić information content (AvgIpc) is 2.61. The molecular weight excluding hydrogens is 198 g/mol. The van der Waals surface area contributed by atoms with Gasteiger partial charge in [-0.1, -0.05) is 41.7 Å². The molecule has 14 heavy (non-hydrogen) atoms. The SMILES string of the molecule is O=Cc1[nH]c(=O)sc1-c1ccccc1. The summed E-state index contributed by atoms with van der Waals surface area (Å²) in [6.45, 7) is 0. The maximum atomic E-state index is 11.0. The lowest BCUT2D eigenvalue weighted by atomic mass is 10.2. The quantitative estimate of drug-likeness (QED) is 0.761. The Kier molecular flexibility index (Phi) is 2.28. The van der Waals surface area contributed by atoms with Crippen molar-refractivity contribution in [3.05, 3.63) is 45.7 Å². The van der Waals surface area contributed by atoms with E-state index in [1.165, 1.54) is 0 Å². The summed E-state index contributed by atoms with van der Waals surface area (Å²) in [5, 5.41) is 0. The Morgan fingerprint density at radius 1 is 1.21 bits per heavy atom. The molecule has 0 atom stereocenters. The van der Waals surface area contributed by atoms with Crippen LogP contribution < -0.4 is 4.87 Å². The van der Waals surface area contributed by atoms with Gasteiger partial charge < -0.3 is 4.98 Å². The van der Waals surface area contributed by atoms with Gasteiger partial charge in [-0.3, -0.25) is 9.59 Å². The number of hydrogen-bond acceptors (Lipinski definition) is 3. The number of rotatable bonds is 2. The van der Waals surface area contributed by atoms with Crippen LogP contribution in [0.2, 0.25) is 0 Å². The van der Waals surface area contributed by atoms with Gasteiger partial charge in [-0.15, -0.1) is 0 Å². The largest absolute Gasteiger partial charge is 0.310 e. The van der Waals surface area contributed by atoms with Gasteiger partial charge in [-0.25, -0.2) is 0 Å². The molecule has 4 heteroatoms. The third kappa shape index (κ3) is 1.52. The van der Waals surface area contributed by atoms with Crippen LogP contribution in [0.15, 0.2) is 35.1 Å². The summed E-state index contributed by atoms with van der Waals surface area (Å²) in [6.07, 6.45) is 0.667. The molecule has 0 fully saturated rings. The summed E-state index contributed by atoms with van der Waals surface area (Å²) in [7, 11) is 0. The minimum absolute atomic E-state index is 0.203. The molecule has 1 N–H and O–H groups in total. The highest BCUT2D eigenvalue weighted by Gasteiger charge is 2.08. The van der Waals surface area contributed by atoms with E-state index in [0.29, 0.717) is 16.9 Å². The lowest BCUT2D eigenvalue weighted by Gasteiger charge is -1.95. The predicted octanol–water partition coefficient (Wildman–Crippen LogP) is 1.92. The molecule has 0 unspecified atom stereocenters. The van der Waals surface area contributed by atoms with E-state index in [0.717, 1.165) is 16.9 Å². The molecule has 0 amide bonds. The third-order valence-corrected chi connectivity index (χ3v) is 2.78. The fraction of sp³-hybridized carbons (Fsp3) is 0. The first-order valence-electron chi connectivity index (χ1n) is 4.05. The van der Waals surface area contributed by atoms with E-state index in [9.17, 15) is 9.59 Å². The van der Waals surface area contributed by atoms with Crippen molar-refractivity contribution >= 4 is 17.6 Å². The van der Waals surface area contributed by atoms with Gasteiger partial charge in [0.25, 0.3) is 0 Å². The van der Waals surface area contributed by atoms with Crippen LogP contribution in [0.25, 0.3) is 10.4 Å². The monoisotopic (exact) mass is 205 g/mol. The van der Waals surface area contributed by atoms with Gasteiger partial charge >= 0.3 is 4.87 Å². The Balaban J connectivity index is 2.62.